The van der Waals surface area contributed by atoms with Crippen molar-refractivity contribution in [2.24, 2.45) is 10.2 Å². The Labute approximate surface area is 364 Å². The van der Waals surface area contributed by atoms with Gasteiger partial charge in [0.25, 0.3) is 5.91 Å². The highest BCUT2D eigenvalue weighted by molar-refractivity contribution is 7.17. The predicted octanol–water partition coefficient (Wildman–Crippen LogP) is 7.15. The summed E-state index contributed by atoms with van der Waals surface area (Å²) >= 11 is 7.45. The molecular weight excluding hydrogens is 849 g/mol. The maximum absolute atomic E-state index is 15.0. The van der Waals surface area contributed by atoms with Gasteiger partial charge < -0.3 is 40.0 Å². The predicted molar refractivity (Wildman–Crippen MR) is 231 cm³/mol. The number of amides is 3. The molecule has 0 unspecified atom stereocenters. The van der Waals surface area contributed by atoms with Gasteiger partial charge >= 0.3 is 6.09 Å². The highest BCUT2D eigenvalue weighted by atomic mass is 35.5. The first-order valence-electron chi connectivity index (χ1n) is 19.4. The van der Waals surface area contributed by atoms with E-state index in [-0.39, 0.29) is 62.5 Å². The molecule has 0 bridgehead atoms. The number of carbonyl (C=O) groups excluding carboxylic acids is 3. The fourth-order valence-electron chi connectivity index (χ4n) is 6.13. The van der Waals surface area contributed by atoms with E-state index in [4.69, 9.17) is 36.9 Å². The molecule has 2 aromatic heterocycles. The zero-order chi connectivity index (χ0) is 44.4. The largest absolute Gasteiger partial charge is 0.447 e. The van der Waals surface area contributed by atoms with Gasteiger partial charge in [-0.25, -0.2) is 24.1 Å². The second kappa shape index (κ2) is 23.6. The van der Waals surface area contributed by atoms with Gasteiger partial charge in [0, 0.05) is 68.3 Å². The van der Waals surface area contributed by atoms with Gasteiger partial charge in [-0.15, -0.1) is 0 Å². The van der Waals surface area contributed by atoms with Crippen molar-refractivity contribution in [3.05, 3.63) is 96.1 Å². The summed E-state index contributed by atoms with van der Waals surface area (Å²) in [6.07, 6.45) is 0.764. The summed E-state index contributed by atoms with van der Waals surface area (Å²) in [6.45, 7) is 9.01. The minimum Gasteiger partial charge on any atom is -0.447 e. The fourth-order valence-corrected chi connectivity index (χ4v) is 7.12. The van der Waals surface area contributed by atoms with E-state index in [1.165, 1.54) is 17.2 Å². The van der Waals surface area contributed by atoms with Crippen LogP contribution < -0.4 is 20.9 Å². The standard InChI is InChI=1S/C38H45ClFN15O6S/c1-4-59-14-15-60-16-17-61-38(58)43-8-9-55(22-26-18-28(40)35(50-52-42)29(19-26)49-51-41)33(56)23-53-10-12-54(13-11-53)32-20-31(45-25(3)46-32)47-37-44-21-30(62-37)36(57)48-34-24(2)6-5-7-27(34)39/h5-7,18-21H,4,8-17,22-23H2,1-3H3,(H,43,58)(H,48,57)(H,44,45,46,47). The molecule has 62 heavy (non-hydrogen) atoms. The first-order valence-corrected chi connectivity index (χ1v) is 20.6. The van der Waals surface area contributed by atoms with Crippen molar-refractivity contribution in [2.45, 2.75) is 27.3 Å². The first-order chi connectivity index (χ1) is 30.0. The third kappa shape index (κ3) is 13.9. The summed E-state index contributed by atoms with van der Waals surface area (Å²) in [4.78, 5) is 63.8. The number of piperazine rings is 1. The SMILES string of the molecule is CCOCCOCCOC(=O)NCCN(Cc1cc(F)c(N=[N+]=[N-])c(N=[N+]=[N-])c1)C(=O)CN1CCN(c2cc(Nc3ncc(C(=O)Nc4c(C)cccc4Cl)s3)nc(C)n2)CC1. The molecule has 24 heteroatoms. The number of nitrogens with one attached hydrogen (secondary N) is 3. The Balaban J connectivity index is 1.18. The number of para-hydroxylation sites is 1. The minimum absolute atomic E-state index is 0.00544. The molecule has 3 N–H and O–H groups in total. The number of anilines is 4. The molecule has 0 atom stereocenters. The zero-order valence-electron chi connectivity index (χ0n) is 34.2. The van der Waals surface area contributed by atoms with Crippen molar-refractivity contribution < 1.29 is 33.0 Å². The van der Waals surface area contributed by atoms with E-state index >= 15 is 4.39 Å². The quantitative estimate of drug-likeness (QED) is 0.0326. The van der Waals surface area contributed by atoms with Crippen LogP contribution in [0.1, 0.15) is 33.5 Å². The zero-order valence-corrected chi connectivity index (χ0v) is 35.8. The number of aromatic nitrogens is 3. The molecule has 3 amide bonds. The number of ether oxygens (including phenoxy) is 3. The lowest BCUT2D eigenvalue weighted by Gasteiger charge is -2.36. The Kier molecular flexibility index (Phi) is 17.8. The summed E-state index contributed by atoms with van der Waals surface area (Å²) in [6, 6.07) is 9.57. The number of alkyl carbamates (subject to hydrolysis) is 1. The number of benzene rings is 2. The van der Waals surface area contributed by atoms with Gasteiger partial charge in [0.05, 0.1) is 54.6 Å². The van der Waals surface area contributed by atoms with Gasteiger partial charge in [0.1, 0.15) is 34.8 Å². The minimum atomic E-state index is -0.932. The Bertz CT molecular complexity index is 2280. The summed E-state index contributed by atoms with van der Waals surface area (Å²) in [5.74, 6) is 0.0662. The van der Waals surface area contributed by atoms with Crippen molar-refractivity contribution >= 4 is 74.7 Å². The summed E-state index contributed by atoms with van der Waals surface area (Å²) in [5, 5.41) is 16.3. The molecular formula is C38H45ClFN15O6S. The number of aryl methyl sites for hydroxylation is 2. The van der Waals surface area contributed by atoms with E-state index < -0.39 is 17.6 Å². The molecule has 1 aliphatic heterocycles. The topological polar surface area (TPSA) is 261 Å². The van der Waals surface area contributed by atoms with E-state index in [9.17, 15) is 14.4 Å². The van der Waals surface area contributed by atoms with Crippen molar-refractivity contribution in [1.29, 1.82) is 0 Å². The van der Waals surface area contributed by atoms with Gasteiger partial charge in [0.15, 0.2) is 5.13 Å². The van der Waals surface area contributed by atoms with Gasteiger partial charge in [-0.3, -0.25) is 14.5 Å². The van der Waals surface area contributed by atoms with Crippen LogP contribution in [0.4, 0.5) is 43.0 Å². The van der Waals surface area contributed by atoms with Crippen LogP contribution in [0.5, 0.6) is 0 Å². The van der Waals surface area contributed by atoms with Crippen LogP contribution in [0.25, 0.3) is 20.9 Å². The lowest BCUT2D eigenvalue weighted by atomic mass is 10.1. The van der Waals surface area contributed by atoms with Crippen LogP contribution >= 0.6 is 22.9 Å². The molecule has 2 aromatic carbocycles. The first kappa shape index (κ1) is 46.7. The summed E-state index contributed by atoms with van der Waals surface area (Å²) < 4.78 is 30.7. The third-order valence-electron chi connectivity index (χ3n) is 9.12. The molecule has 1 aliphatic rings. The molecule has 328 valence electrons. The normalized spacial score (nSPS) is 12.5. The molecule has 0 radical (unpaired) electrons. The van der Waals surface area contributed by atoms with Gasteiger partial charge in [-0.05, 0) is 61.2 Å². The molecule has 1 saturated heterocycles. The van der Waals surface area contributed by atoms with Crippen LogP contribution in [0, 0.1) is 19.7 Å². The molecule has 4 aromatic rings. The number of hydrogen-bond acceptors (Lipinski definition) is 15. The average Bonchev–Trinajstić information content (AvgIpc) is 3.71. The maximum Gasteiger partial charge on any atom is 0.407 e. The second-order valence-electron chi connectivity index (χ2n) is 13.5. The smallest absolute Gasteiger partial charge is 0.407 e. The second-order valence-corrected chi connectivity index (χ2v) is 14.9. The van der Waals surface area contributed by atoms with Crippen molar-refractivity contribution in [3.8, 4) is 0 Å². The lowest BCUT2D eigenvalue weighted by molar-refractivity contribution is -0.133. The highest BCUT2D eigenvalue weighted by Crippen LogP contribution is 2.34. The van der Waals surface area contributed by atoms with Crippen LogP contribution in [0.2, 0.25) is 5.02 Å². The number of nitrogens with zero attached hydrogens (tertiary/aromatic N) is 12. The molecule has 21 nitrogen and oxygen atoms in total. The third-order valence-corrected chi connectivity index (χ3v) is 10.3. The van der Waals surface area contributed by atoms with E-state index in [0.29, 0.717) is 84.2 Å². The number of rotatable bonds is 21. The Morgan fingerprint density at radius 1 is 1.02 bits per heavy atom. The Morgan fingerprint density at radius 2 is 1.77 bits per heavy atom. The van der Waals surface area contributed by atoms with E-state index in [0.717, 1.165) is 23.0 Å². The van der Waals surface area contributed by atoms with Crippen LogP contribution in [-0.2, 0) is 25.5 Å². The summed E-state index contributed by atoms with van der Waals surface area (Å²) in [5.41, 5.74) is 18.8. The van der Waals surface area contributed by atoms with Gasteiger partial charge in [-0.2, -0.15) is 0 Å². The average molecular weight is 894 g/mol. The van der Waals surface area contributed by atoms with E-state index in [1.54, 1.807) is 19.1 Å². The lowest BCUT2D eigenvalue weighted by Crippen LogP contribution is -2.51. The van der Waals surface area contributed by atoms with Gasteiger partial charge in [-0.1, -0.05) is 45.3 Å². The molecule has 0 aliphatic carbocycles. The molecule has 0 saturated carbocycles. The summed E-state index contributed by atoms with van der Waals surface area (Å²) in [7, 11) is 0. The fraction of sp³-hybridized carbons (Fsp3) is 0.421. The number of carbonyl (C=O) groups is 3. The van der Waals surface area contributed by atoms with Crippen molar-refractivity contribution in [1.82, 2.24) is 30.1 Å². The Morgan fingerprint density at radius 3 is 2.52 bits per heavy atom. The molecule has 0 spiro atoms. The van der Waals surface area contributed by atoms with Crippen LogP contribution in [-0.4, -0.2) is 122 Å². The van der Waals surface area contributed by atoms with Gasteiger partial charge in [0.2, 0.25) is 5.91 Å². The molecule has 5 rings (SSSR count). The van der Waals surface area contributed by atoms with E-state index in [2.05, 4.69) is 55.9 Å². The van der Waals surface area contributed by atoms with Crippen LogP contribution in [0.3, 0.4) is 0 Å². The maximum atomic E-state index is 15.0. The molecule has 1 fully saturated rings. The Hall–Kier alpha value is -6.32. The number of thiazole rings is 1. The van der Waals surface area contributed by atoms with Crippen molar-refractivity contribution in [3.63, 3.8) is 0 Å². The highest BCUT2D eigenvalue weighted by Gasteiger charge is 2.24. The number of halogens is 2. The monoisotopic (exact) mass is 893 g/mol. The number of azide groups is 2. The molecule has 3 heterocycles. The van der Waals surface area contributed by atoms with Crippen molar-refractivity contribution in [2.75, 3.05) is 94.4 Å². The number of hydrogen-bond donors (Lipinski definition) is 3. The van der Waals surface area contributed by atoms with Crippen LogP contribution in [0.15, 0.2) is 52.8 Å². The van der Waals surface area contributed by atoms with E-state index in [1.807, 2.05) is 30.9 Å².